The van der Waals surface area contributed by atoms with E-state index in [1.165, 1.54) is 20.2 Å². The highest BCUT2D eigenvalue weighted by Gasteiger charge is 2.19. The molecule has 5 aromatic rings. The molecule has 0 atom stereocenters. The summed E-state index contributed by atoms with van der Waals surface area (Å²) in [5, 5.41) is 16.6. The summed E-state index contributed by atoms with van der Waals surface area (Å²) in [5.41, 5.74) is 6.84. The van der Waals surface area contributed by atoms with Crippen molar-refractivity contribution in [3.8, 4) is 33.7 Å². The number of halogens is 1. The van der Waals surface area contributed by atoms with Crippen LogP contribution in [-0.2, 0) is 7.05 Å². The van der Waals surface area contributed by atoms with Crippen LogP contribution in [-0.4, -0.2) is 45.4 Å². The number of rotatable bonds is 4. The zero-order valence-corrected chi connectivity index (χ0v) is 21.5. The van der Waals surface area contributed by atoms with Crippen molar-refractivity contribution in [2.45, 2.75) is 6.92 Å². The first-order valence-corrected chi connectivity index (χ1v) is 12.7. The monoisotopic (exact) mass is 513 g/mol. The van der Waals surface area contributed by atoms with Gasteiger partial charge in [0.1, 0.15) is 5.75 Å². The summed E-state index contributed by atoms with van der Waals surface area (Å²) in [5.74, 6) is 0.198. The van der Waals surface area contributed by atoms with E-state index in [2.05, 4.69) is 33.4 Å². The molecule has 0 aliphatic carbocycles. The topological polar surface area (TPSA) is 78.2 Å². The lowest BCUT2D eigenvalue weighted by molar-refractivity contribution is 0.479. The third kappa shape index (κ3) is 4.10. The number of benzene rings is 3. The highest BCUT2D eigenvalue weighted by Crippen LogP contribution is 2.42. The van der Waals surface area contributed by atoms with Crippen molar-refractivity contribution in [3.05, 3.63) is 88.2 Å². The normalized spacial score (nSPS) is 14.0. The second kappa shape index (κ2) is 9.18. The number of anilines is 1. The average molecular weight is 514 g/mol. The highest BCUT2D eigenvalue weighted by atomic mass is 35.5. The molecular formula is C29H28ClN5O2. The van der Waals surface area contributed by atoms with Crippen molar-refractivity contribution in [1.29, 1.82) is 0 Å². The number of hydrogen-bond acceptors (Lipinski definition) is 4. The van der Waals surface area contributed by atoms with Crippen molar-refractivity contribution in [2.75, 3.05) is 31.1 Å². The van der Waals surface area contributed by atoms with E-state index in [9.17, 15) is 9.90 Å². The Morgan fingerprint density at radius 1 is 0.919 bits per heavy atom. The number of aryl methyl sites for hydroxylation is 2. The molecular weight excluding hydrogens is 486 g/mol. The van der Waals surface area contributed by atoms with Crippen molar-refractivity contribution in [3.63, 3.8) is 0 Å². The van der Waals surface area contributed by atoms with Crippen LogP contribution in [0.2, 0.25) is 5.02 Å². The van der Waals surface area contributed by atoms with E-state index in [0.29, 0.717) is 16.3 Å². The highest BCUT2D eigenvalue weighted by molar-refractivity contribution is 6.32. The molecule has 6 rings (SSSR count). The Morgan fingerprint density at radius 2 is 1.68 bits per heavy atom. The van der Waals surface area contributed by atoms with Gasteiger partial charge < -0.3 is 24.9 Å². The third-order valence-corrected chi connectivity index (χ3v) is 7.44. The van der Waals surface area contributed by atoms with Gasteiger partial charge in [0, 0.05) is 79.5 Å². The second-order valence-electron chi connectivity index (χ2n) is 9.61. The fourth-order valence-corrected chi connectivity index (χ4v) is 5.48. The molecule has 0 radical (unpaired) electrons. The number of H-pyrrole nitrogens is 1. The van der Waals surface area contributed by atoms with Gasteiger partial charge in [-0.1, -0.05) is 17.7 Å². The Bertz CT molecular complexity index is 1690. The van der Waals surface area contributed by atoms with E-state index < -0.39 is 0 Å². The summed E-state index contributed by atoms with van der Waals surface area (Å²) in [6, 6.07) is 15.9. The van der Waals surface area contributed by atoms with E-state index in [4.69, 9.17) is 11.6 Å². The Morgan fingerprint density at radius 3 is 2.38 bits per heavy atom. The molecule has 0 saturated carbocycles. The number of aromatic nitrogens is 3. The maximum Gasteiger partial charge on any atom is 0.332 e. The fraction of sp³-hybridized carbons (Fsp3) is 0.207. The molecule has 37 heavy (non-hydrogen) atoms. The largest absolute Gasteiger partial charge is 0.507 e. The molecule has 3 aromatic carbocycles. The van der Waals surface area contributed by atoms with Gasteiger partial charge in [-0.25, -0.2) is 4.79 Å². The molecule has 1 aliphatic rings. The van der Waals surface area contributed by atoms with Gasteiger partial charge >= 0.3 is 5.69 Å². The van der Waals surface area contributed by atoms with Gasteiger partial charge in [0.2, 0.25) is 0 Å². The summed E-state index contributed by atoms with van der Waals surface area (Å²) in [6.07, 6.45) is 5.35. The zero-order valence-electron chi connectivity index (χ0n) is 20.8. The molecule has 3 heterocycles. The van der Waals surface area contributed by atoms with Crippen LogP contribution in [0.25, 0.3) is 38.8 Å². The predicted octanol–water partition coefficient (Wildman–Crippen LogP) is 5.07. The van der Waals surface area contributed by atoms with Gasteiger partial charge in [0.15, 0.2) is 0 Å². The van der Waals surface area contributed by atoms with Crippen LogP contribution >= 0.6 is 11.6 Å². The molecule has 0 amide bonds. The zero-order chi connectivity index (χ0) is 25.7. The fourth-order valence-electron chi connectivity index (χ4n) is 5.21. The molecule has 1 fully saturated rings. The number of aromatic amines is 1. The van der Waals surface area contributed by atoms with Crippen LogP contribution < -0.4 is 15.9 Å². The van der Waals surface area contributed by atoms with E-state index in [1.54, 1.807) is 25.5 Å². The molecule has 188 valence electrons. The lowest BCUT2D eigenvalue weighted by atomic mass is 9.93. The Labute approximate surface area is 219 Å². The Kier molecular flexibility index (Phi) is 5.82. The smallest absolute Gasteiger partial charge is 0.332 e. The molecule has 0 unspecified atom stereocenters. The van der Waals surface area contributed by atoms with E-state index in [0.717, 1.165) is 53.9 Å². The van der Waals surface area contributed by atoms with Gasteiger partial charge in [-0.2, -0.15) is 0 Å². The lowest BCUT2D eigenvalue weighted by Gasteiger charge is -2.30. The van der Waals surface area contributed by atoms with Crippen molar-refractivity contribution in [1.82, 2.24) is 19.4 Å². The Hall–Kier alpha value is -3.94. The molecule has 1 aliphatic heterocycles. The third-order valence-electron chi connectivity index (χ3n) is 7.14. The summed E-state index contributed by atoms with van der Waals surface area (Å²) < 4.78 is 3.01. The molecule has 2 aromatic heterocycles. The number of piperazine rings is 1. The molecule has 0 spiro atoms. The van der Waals surface area contributed by atoms with Gasteiger partial charge in [-0.05, 0) is 66.1 Å². The minimum Gasteiger partial charge on any atom is -0.507 e. The molecule has 7 nitrogen and oxygen atoms in total. The molecule has 1 saturated heterocycles. The standard InChI is InChI=1S/C29H28ClN5O2/c1-18-13-22(19-3-4-26(24(30)15-19)35-12-11-33(2)29(35)37)28(36)23(14-18)20-16-25-21(5-6-32-25)27(17-20)34-9-7-31-8-10-34/h3-6,11-17,31-32,36H,7-10H2,1-2H3. The minimum absolute atomic E-state index is 0.171. The summed E-state index contributed by atoms with van der Waals surface area (Å²) in [6.45, 7) is 5.79. The number of hydrogen-bond donors (Lipinski definition) is 3. The summed E-state index contributed by atoms with van der Waals surface area (Å²) >= 11 is 6.64. The first-order valence-electron chi connectivity index (χ1n) is 12.4. The number of phenolic OH excluding ortho intramolecular Hbond substituents is 1. The summed E-state index contributed by atoms with van der Waals surface area (Å²) in [4.78, 5) is 18.2. The van der Waals surface area contributed by atoms with Crippen LogP contribution in [0.4, 0.5) is 5.69 Å². The van der Waals surface area contributed by atoms with Crippen LogP contribution in [0.5, 0.6) is 5.75 Å². The van der Waals surface area contributed by atoms with E-state index in [1.807, 2.05) is 37.4 Å². The van der Waals surface area contributed by atoms with Crippen LogP contribution in [0.15, 0.2) is 71.9 Å². The number of phenols is 1. The maximum atomic E-state index is 12.4. The minimum atomic E-state index is -0.171. The first-order chi connectivity index (χ1) is 17.9. The molecule has 0 bridgehead atoms. The van der Waals surface area contributed by atoms with Crippen LogP contribution in [0.3, 0.4) is 0 Å². The lowest BCUT2D eigenvalue weighted by Crippen LogP contribution is -2.43. The van der Waals surface area contributed by atoms with Gasteiger partial charge in [0.05, 0.1) is 10.7 Å². The molecule has 8 heteroatoms. The van der Waals surface area contributed by atoms with Gasteiger partial charge in [-0.15, -0.1) is 0 Å². The van der Waals surface area contributed by atoms with Crippen molar-refractivity contribution < 1.29 is 5.11 Å². The first kappa shape index (κ1) is 23.5. The quantitative estimate of drug-likeness (QED) is 0.313. The number of fused-ring (bicyclic) bond motifs is 1. The van der Waals surface area contributed by atoms with Crippen molar-refractivity contribution >= 4 is 28.2 Å². The maximum absolute atomic E-state index is 12.4. The van der Waals surface area contributed by atoms with Crippen LogP contribution in [0, 0.1) is 6.92 Å². The number of nitrogens with zero attached hydrogens (tertiary/aromatic N) is 3. The average Bonchev–Trinajstić information content (AvgIpc) is 3.51. The van der Waals surface area contributed by atoms with E-state index in [-0.39, 0.29) is 11.4 Å². The summed E-state index contributed by atoms with van der Waals surface area (Å²) in [7, 11) is 1.70. The van der Waals surface area contributed by atoms with Gasteiger partial charge in [0.25, 0.3) is 0 Å². The molecule has 3 N–H and O–H groups in total. The Balaban J connectivity index is 1.46. The van der Waals surface area contributed by atoms with Gasteiger partial charge in [-0.3, -0.25) is 4.57 Å². The van der Waals surface area contributed by atoms with E-state index >= 15 is 0 Å². The SMILES string of the molecule is Cc1cc(-c2ccc(-n3ccn(C)c3=O)c(Cl)c2)c(O)c(-c2cc(N3CCNCC3)c3cc[nH]c3c2)c1. The van der Waals surface area contributed by atoms with Crippen molar-refractivity contribution in [2.24, 2.45) is 7.05 Å². The van der Waals surface area contributed by atoms with Crippen LogP contribution in [0.1, 0.15) is 5.56 Å². The number of imidazole rings is 1. The number of nitrogens with one attached hydrogen (secondary N) is 2. The second-order valence-corrected chi connectivity index (χ2v) is 10.0. The predicted molar refractivity (Wildman–Crippen MR) is 150 cm³/mol. The number of aromatic hydroxyl groups is 1.